The van der Waals surface area contributed by atoms with E-state index in [9.17, 15) is 9.59 Å². The molecule has 0 bridgehead atoms. The Morgan fingerprint density at radius 3 is 2.57 bits per heavy atom. The minimum atomic E-state index is -0.439. The minimum absolute atomic E-state index is 0.0976. The number of pyridine rings is 2. The number of benzene rings is 1. The van der Waals surface area contributed by atoms with E-state index >= 15 is 0 Å². The lowest BCUT2D eigenvalue weighted by atomic mass is 10.1. The van der Waals surface area contributed by atoms with Crippen molar-refractivity contribution in [3.63, 3.8) is 0 Å². The van der Waals surface area contributed by atoms with E-state index in [0.29, 0.717) is 12.1 Å². The van der Waals surface area contributed by atoms with Gasteiger partial charge < -0.3 is 4.74 Å². The number of aromatic nitrogens is 2. The average molecular weight is 379 g/mol. The van der Waals surface area contributed by atoms with Crippen LogP contribution >= 0.6 is 0 Å². The van der Waals surface area contributed by atoms with Gasteiger partial charge in [-0.15, -0.1) is 0 Å². The standard InChI is InChI=1S/C22H25N3O3/c1-4-24(13-17-7-9-23-10-8-17)14-19-12-18-6-5-16(2)11-20(18)25(22(19)27)15-21(26)28-3/h5-12H,4,13-15H2,1-3H3. The number of methoxy groups -OCH3 is 1. The van der Waals surface area contributed by atoms with Crippen LogP contribution in [-0.4, -0.2) is 34.1 Å². The predicted molar refractivity (Wildman–Crippen MR) is 109 cm³/mol. The van der Waals surface area contributed by atoms with E-state index in [1.807, 2.05) is 43.3 Å². The molecule has 0 spiro atoms. The zero-order valence-corrected chi connectivity index (χ0v) is 16.5. The van der Waals surface area contributed by atoms with E-state index in [0.717, 1.165) is 35.1 Å². The van der Waals surface area contributed by atoms with Gasteiger partial charge in [0.15, 0.2) is 0 Å². The highest BCUT2D eigenvalue weighted by atomic mass is 16.5. The van der Waals surface area contributed by atoms with Gasteiger partial charge in [-0.3, -0.25) is 24.0 Å². The molecule has 0 atom stereocenters. The number of carbonyl (C=O) groups excluding carboxylic acids is 1. The summed E-state index contributed by atoms with van der Waals surface area (Å²) >= 11 is 0. The van der Waals surface area contributed by atoms with Crippen LogP contribution in [0, 0.1) is 6.92 Å². The third-order valence-corrected chi connectivity index (χ3v) is 4.84. The first-order valence-electron chi connectivity index (χ1n) is 9.33. The molecule has 3 aromatic rings. The van der Waals surface area contributed by atoms with Crippen molar-refractivity contribution in [2.24, 2.45) is 0 Å². The van der Waals surface area contributed by atoms with Crippen molar-refractivity contribution in [1.29, 1.82) is 0 Å². The van der Waals surface area contributed by atoms with Crippen LogP contribution in [-0.2, 0) is 29.2 Å². The van der Waals surface area contributed by atoms with Crippen LogP contribution in [0.2, 0.25) is 0 Å². The Morgan fingerprint density at radius 1 is 1.14 bits per heavy atom. The molecule has 0 aliphatic heterocycles. The molecule has 3 rings (SSSR count). The summed E-state index contributed by atoms with van der Waals surface area (Å²) in [6.07, 6.45) is 3.54. The van der Waals surface area contributed by atoms with Gasteiger partial charge in [0.25, 0.3) is 5.56 Å². The number of hydrogen-bond donors (Lipinski definition) is 0. The van der Waals surface area contributed by atoms with Gasteiger partial charge in [0, 0.05) is 31.0 Å². The second-order valence-corrected chi connectivity index (χ2v) is 6.86. The van der Waals surface area contributed by atoms with Crippen LogP contribution in [0.15, 0.2) is 53.6 Å². The fourth-order valence-corrected chi connectivity index (χ4v) is 3.27. The molecule has 0 radical (unpaired) electrons. The van der Waals surface area contributed by atoms with Crippen LogP contribution in [0.1, 0.15) is 23.6 Å². The molecule has 1 aromatic carbocycles. The number of fused-ring (bicyclic) bond motifs is 1. The van der Waals surface area contributed by atoms with Gasteiger partial charge in [-0.1, -0.05) is 19.1 Å². The lowest BCUT2D eigenvalue weighted by Gasteiger charge is -2.21. The molecule has 0 aliphatic rings. The van der Waals surface area contributed by atoms with Gasteiger partial charge in [-0.05, 0) is 54.2 Å². The fourth-order valence-electron chi connectivity index (χ4n) is 3.27. The molecule has 0 saturated carbocycles. The normalized spacial score (nSPS) is 11.1. The Morgan fingerprint density at radius 2 is 1.89 bits per heavy atom. The van der Waals surface area contributed by atoms with Crippen molar-refractivity contribution >= 4 is 16.9 Å². The summed E-state index contributed by atoms with van der Waals surface area (Å²) in [6.45, 7) is 5.96. The van der Waals surface area contributed by atoms with Crippen LogP contribution in [0.5, 0.6) is 0 Å². The van der Waals surface area contributed by atoms with Crippen molar-refractivity contribution in [3.05, 3.63) is 75.8 Å². The molecule has 0 fully saturated rings. The Bertz CT molecular complexity index is 1030. The Hall–Kier alpha value is -2.99. The van der Waals surface area contributed by atoms with Gasteiger partial charge >= 0.3 is 5.97 Å². The summed E-state index contributed by atoms with van der Waals surface area (Å²) in [5, 5.41) is 0.934. The first-order valence-corrected chi connectivity index (χ1v) is 9.33. The molecule has 0 unspecified atom stereocenters. The summed E-state index contributed by atoms with van der Waals surface area (Å²) < 4.78 is 6.31. The smallest absolute Gasteiger partial charge is 0.325 e. The molecular formula is C22H25N3O3. The van der Waals surface area contributed by atoms with E-state index < -0.39 is 5.97 Å². The molecule has 6 nitrogen and oxygen atoms in total. The quantitative estimate of drug-likeness (QED) is 0.591. The Balaban J connectivity index is 2.00. The van der Waals surface area contributed by atoms with Gasteiger partial charge in [0.1, 0.15) is 6.54 Å². The maximum Gasteiger partial charge on any atom is 0.325 e. The maximum atomic E-state index is 13.2. The summed E-state index contributed by atoms with van der Waals surface area (Å²) in [5.41, 5.74) is 3.43. The largest absolute Gasteiger partial charge is 0.468 e. The van der Waals surface area contributed by atoms with E-state index in [1.54, 1.807) is 12.4 Å². The molecule has 0 saturated heterocycles. The number of esters is 1. The summed E-state index contributed by atoms with van der Waals surface area (Å²) in [7, 11) is 1.33. The molecule has 6 heteroatoms. The van der Waals surface area contributed by atoms with Crippen molar-refractivity contribution in [1.82, 2.24) is 14.5 Å². The predicted octanol–water partition coefficient (Wildman–Crippen LogP) is 2.90. The molecule has 0 aliphatic carbocycles. The topological polar surface area (TPSA) is 64.4 Å². The second kappa shape index (κ2) is 8.80. The molecular weight excluding hydrogens is 354 g/mol. The molecule has 2 heterocycles. The molecule has 2 aromatic heterocycles. The molecule has 0 N–H and O–H groups in total. The highest BCUT2D eigenvalue weighted by Crippen LogP contribution is 2.17. The monoisotopic (exact) mass is 379 g/mol. The molecule has 28 heavy (non-hydrogen) atoms. The van der Waals surface area contributed by atoms with Crippen molar-refractivity contribution in [2.75, 3.05) is 13.7 Å². The maximum absolute atomic E-state index is 13.2. The highest BCUT2D eigenvalue weighted by molar-refractivity contribution is 5.82. The Kier molecular flexibility index (Phi) is 6.21. The average Bonchev–Trinajstić information content (AvgIpc) is 2.71. The van der Waals surface area contributed by atoms with Crippen molar-refractivity contribution < 1.29 is 9.53 Å². The number of aryl methyl sites for hydroxylation is 1. The summed E-state index contributed by atoms with van der Waals surface area (Å²) in [4.78, 5) is 31.3. The van der Waals surface area contributed by atoms with Crippen LogP contribution in [0.4, 0.5) is 0 Å². The number of nitrogens with zero attached hydrogens (tertiary/aromatic N) is 3. The lowest BCUT2D eigenvalue weighted by Crippen LogP contribution is -2.32. The first-order chi connectivity index (χ1) is 13.5. The number of ether oxygens (including phenoxy) is 1. The van der Waals surface area contributed by atoms with Crippen LogP contribution in [0.3, 0.4) is 0 Å². The zero-order chi connectivity index (χ0) is 20.1. The SMILES string of the molecule is CCN(Cc1ccncc1)Cc1cc2ccc(C)cc2n(CC(=O)OC)c1=O. The van der Waals surface area contributed by atoms with Crippen molar-refractivity contribution in [3.8, 4) is 0 Å². The van der Waals surface area contributed by atoms with E-state index in [2.05, 4.69) is 16.8 Å². The van der Waals surface area contributed by atoms with Crippen LogP contribution < -0.4 is 5.56 Å². The van der Waals surface area contributed by atoms with E-state index in [-0.39, 0.29) is 12.1 Å². The lowest BCUT2D eigenvalue weighted by molar-refractivity contribution is -0.141. The molecule has 0 amide bonds. The number of carbonyl (C=O) groups is 1. The minimum Gasteiger partial charge on any atom is -0.468 e. The van der Waals surface area contributed by atoms with Gasteiger partial charge in [0.05, 0.1) is 12.6 Å². The van der Waals surface area contributed by atoms with E-state index in [1.165, 1.54) is 11.7 Å². The third kappa shape index (κ3) is 4.46. The van der Waals surface area contributed by atoms with E-state index in [4.69, 9.17) is 4.74 Å². The van der Waals surface area contributed by atoms with Crippen LogP contribution in [0.25, 0.3) is 10.9 Å². The van der Waals surface area contributed by atoms with Gasteiger partial charge in [-0.25, -0.2) is 0 Å². The Labute approximate surface area is 164 Å². The second-order valence-electron chi connectivity index (χ2n) is 6.86. The highest BCUT2D eigenvalue weighted by Gasteiger charge is 2.15. The van der Waals surface area contributed by atoms with Crippen molar-refractivity contribution in [2.45, 2.75) is 33.5 Å². The molecule has 146 valence electrons. The number of hydrogen-bond acceptors (Lipinski definition) is 5. The first kappa shape index (κ1) is 19.8. The third-order valence-electron chi connectivity index (χ3n) is 4.84. The summed E-state index contributed by atoms with van der Waals surface area (Å²) in [6, 6.07) is 11.8. The fraction of sp³-hybridized carbons (Fsp3) is 0.318. The zero-order valence-electron chi connectivity index (χ0n) is 16.5. The van der Waals surface area contributed by atoms with Gasteiger partial charge in [0.2, 0.25) is 0 Å². The van der Waals surface area contributed by atoms with Gasteiger partial charge in [-0.2, -0.15) is 0 Å². The number of rotatable bonds is 7. The summed E-state index contributed by atoms with van der Waals surface area (Å²) in [5.74, 6) is -0.439.